The molecule has 1 unspecified atom stereocenters. The minimum absolute atomic E-state index is 0.224. The molecule has 0 bridgehead atoms. The van der Waals surface area contributed by atoms with Gasteiger partial charge in [-0.15, -0.1) is 5.10 Å². The molecule has 0 saturated carbocycles. The maximum atomic E-state index is 13.0. The van der Waals surface area contributed by atoms with Gasteiger partial charge < -0.3 is 4.74 Å². The average molecular weight is 351 g/mol. The van der Waals surface area contributed by atoms with Crippen LogP contribution in [0.15, 0.2) is 23.2 Å². The number of sulfonamides is 1. The van der Waals surface area contributed by atoms with E-state index in [-0.39, 0.29) is 6.10 Å². The summed E-state index contributed by atoms with van der Waals surface area (Å²) in [6.45, 7) is 6.82. The van der Waals surface area contributed by atoms with Crippen LogP contribution in [0.4, 0.5) is 0 Å². The largest absolute Gasteiger partial charge is 0.472 e. The summed E-state index contributed by atoms with van der Waals surface area (Å²) in [4.78, 5) is 0.310. The highest BCUT2D eigenvalue weighted by atomic mass is 32.2. The lowest BCUT2D eigenvalue weighted by atomic mass is 10.3. The summed E-state index contributed by atoms with van der Waals surface area (Å²) in [6.07, 6.45) is 1.96. The molecular weight excluding hydrogens is 330 g/mol. The zero-order chi connectivity index (χ0) is 17.3. The molecule has 0 radical (unpaired) electrons. The van der Waals surface area contributed by atoms with Crippen LogP contribution in [-0.2, 0) is 16.6 Å². The number of nitrogens with zero attached hydrogens (tertiary/aromatic N) is 5. The summed E-state index contributed by atoms with van der Waals surface area (Å²) in [5.74, 6) is 0.410. The fourth-order valence-electron chi connectivity index (χ4n) is 3.02. The van der Waals surface area contributed by atoms with Gasteiger partial charge in [0.15, 0.2) is 0 Å². The van der Waals surface area contributed by atoms with Crippen LogP contribution in [-0.4, -0.2) is 51.9 Å². The molecule has 130 valence electrons. The second-order valence-electron chi connectivity index (χ2n) is 5.77. The van der Waals surface area contributed by atoms with Crippen LogP contribution in [0.1, 0.15) is 24.7 Å². The molecule has 1 saturated heterocycles. The van der Waals surface area contributed by atoms with E-state index in [4.69, 9.17) is 4.74 Å². The fourth-order valence-corrected chi connectivity index (χ4v) is 4.88. The Kier molecular flexibility index (Phi) is 4.55. The van der Waals surface area contributed by atoms with Crippen molar-refractivity contribution in [2.75, 3.05) is 13.1 Å². The zero-order valence-corrected chi connectivity index (χ0v) is 14.8. The smallest absolute Gasteiger partial charge is 0.246 e. The van der Waals surface area contributed by atoms with Crippen LogP contribution in [0, 0.1) is 13.8 Å². The highest BCUT2D eigenvalue weighted by Crippen LogP contribution is 2.27. The molecular formula is C15H21N5O3S. The van der Waals surface area contributed by atoms with Gasteiger partial charge in [-0.05, 0) is 33.3 Å². The Labute approximate surface area is 141 Å². The second-order valence-corrected chi connectivity index (χ2v) is 7.64. The van der Waals surface area contributed by atoms with E-state index in [0.717, 1.165) is 0 Å². The first-order valence-corrected chi connectivity index (χ1v) is 9.36. The molecule has 2 aromatic rings. The third-order valence-electron chi connectivity index (χ3n) is 4.16. The first-order chi connectivity index (χ1) is 11.4. The van der Waals surface area contributed by atoms with Crippen molar-refractivity contribution >= 4 is 10.0 Å². The van der Waals surface area contributed by atoms with Gasteiger partial charge in [0.2, 0.25) is 15.9 Å². The van der Waals surface area contributed by atoms with Gasteiger partial charge in [-0.3, -0.25) is 4.68 Å². The number of hydrogen-bond donors (Lipinski definition) is 0. The molecule has 3 rings (SSSR count). The molecule has 0 spiro atoms. The van der Waals surface area contributed by atoms with Gasteiger partial charge in [0, 0.05) is 25.4 Å². The fraction of sp³-hybridized carbons (Fsp3) is 0.533. The number of aryl methyl sites for hydroxylation is 2. The molecule has 1 aliphatic rings. The van der Waals surface area contributed by atoms with Gasteiger partial charge in [-0.1, -0.05) is 0 Å². The van der Waals surface area contributed by atoms with E-state index in [1.54, 1.807) is 36.9 Å². The molecule has 1 aliphatic heterocycles. The van der Waals surface area contributed by atoms with Gasteiger partial charge in [0.05, 0.1) is 17.9 Å². The quantitative estimate of drug-likeness (QED) is 0.803. The topological polar surface area (TPSA) is 90.2 Å². The third-order valence-corrected chi connectivity index (χ3v) is 6.27. The van der Waals surface area contributed by atoms with E-state index in [9.17, 15) is 8.42 Å². The van der Waals surface area contributed by atoms with Crippen LogP contribution in [0.2, 0.25) is 0 Å². The molecule has 0 aliphatic carbocycles. The lowest BCUT2D eigenvalue weighted by molar-refractivity contribution is 0.204. The normalized spacial score (nSPS) is 18.9. The average Bonchev–Trinajstić information content (AvgIpc) is 3.13. The minimum atomic E-state index is -3.58. The van der Waals surface area contributed by atoms with Crippen molar-refractivity contribution in [3.05, 3.63) is 29.7 Å². The summed E-state index contributed by atoms with van der Waals surface area (Å²) in [5.41, 5.74) is 1.21. The molecule has 24 heavy (non-hydrogen) atoms. The maximum absolute atomic E-state index is 13.0. The number of rotatable bonds is 5. The van der Waals surface area contributed by atoms with Gasteiger partial charge in [0.25, 0.3) is 0 Å². The SMILES string of the molecule is CCn1nc(C)c(S(=O)(=O)N2CCC(Oc3cccnn3)C2)c1C. The van der Waals surface area contributed by atoms with Crippen LogP contribution < -0.4 is 4.74 Å². The third kappa shape index (κ3) is 3.01. The Bertz CT molecular complexity index is 819. The Hall–Kier alpha value is -2.00. The molecule has 8 nitrogen and oxygen atoms in total. The van der Waals surface area contributed by atoms with E-state index in [1.165, 1.54) is 4.31 Å². The molecule has 0 aromatic carbocycles. The minimum Gasteiger partial charge on any atom is -0.472 e. The van der Waals surface area contributed by atoms with E-state index < -0.39 is 10.0 Å². The molecule has 0 N–H and O–H groups in total. The molecule has 9 heteroatoms. The lowest BCUT2D eigenvalue weighted by Crippen LogP contribution is -2.31. The molecule has 2 aromatic heterocycles. The predicted octanol–water partition coefficient (Wildman–Crippen LogP) is 1.15. The first-order valence-electron chi connectivity index (χ1n) is 7.92. The van der Waals surface area contributed by atoms with Gasteiger partial charge in [0.1, 0.15) is 11.0 Å². The molecule has 1 atom stereocenters. The second kappa shape index (κ2) is 6.48. The summed E-state index contributed by atoms with van der Waals surface area (Å²) < 4.78 is 34.9. The highest BCUT2D eigenvalue weighted by molar-refractivity contribution is 7.89. The molecule has 3 heterocycles. The highest BCUT2D eigenvalue weighted by Gasteiger charge is 2.37. The Balaban J connectivity index is 1.78. The van der Waals surface area contributed by atoms with Crippen molar-refractivity contribution in [3.8, 4) is 5.88 Å². The summed E-state index contributed by atoms with van der Waals surface area (Å²) in [6, 6.07) is 3.45. The Morgan fingerprint density at radius 3 is 2.79 bits per heavy atom. The molecule has 0 amide bonds. The zero-order valence-electron chi connectivity index (χ0n) is 14.0. The van der Waals surface area contributed by atoms with Crippen molar-refractivity contribution in [3.63, 3.8) is 0 Å². The maximum Gasteiger partial charge on any atom is 0.246 e. The van der Waals surface area contributed by atoms with E-state index >= 15 is 0 Å². The summed E-state index contributed by atoms with van der Waals surface area (Å²) in [7, 11) is -3.58. The first kappa shape index (κ1) is 16.8. The number of aromatic nitrogens is 4. The Morgan fingerprint density at radius 2 is 2.17 bits per heavy atom. The Morgan fingerprint density at radius 1 is 1.38 bits per heavy atom. The monoisotopic (exact) mass is 351 g/mol. The van der Waals surface area contributed by atoms with E-state index in [0.29, 0.717) is 48.2 Å². The van der Waals surface area contributed by atoms with Gasteiger partial charge in [-0.2, -0.15) is 14.5 Å². The van der Waals surface area contributed by atoms with Crippen molar-refractivity contribution in [1.82, 2.24) is 24.3 Å². The van der Waals surface area contributed by atoms with E-state index in [1.807, 2.05) is 6.92 Å². The van der Waals surface area contributed by atoms with Gasteiger partial charge in [-0.25, -0.2) is 8.42 Å². The van der Waals surface area contributed by atoms with Crippen molar-refractivity contribution < 1.29 is 13.2 Å². The van der Waals surface area contributed by atoms with Crippen LogP contribution >= 0.6 is 0 Å². The van der Waals surface area contributed by atoms with Crippen LogP contribution in [0.25, 0.3) is 0 Å². The molecule has 1 fully saturated rings. The lowest BCUT2D eigenvalue weighted by Gasteiger charge is -2.17. The van der Waals surface area contributed by atoms with Crippen LogP contribution in [0.3, 0.4) is 0 Å². The van der Waals surface area contributed by atoms with Crippen molar-refractivity contribution in [1.29, 1.82) is 0 Å². The summed E-state index contributed by atoms with van der Waals surface area (Å²) in [5, 5.41) is 12.0. The van der Waals surface area contributed by atoms with E-state index in [2.05, 4.69) is 15.3 Å². The van der Waals surface area contributed by atoms with Crippen molar-refractivity contribution in [2.45, 2.75) is 44.7 Å². The standard InChI is InChI=1S/C15H21N5O3S/c1-4-20-12(3)15(11(2)18-20)24(21,22)19-9-7-13(10-19)23-14-6-5-8-16-17-14/h5-6,8,13H,4,7,9-10H2,1-3H3. The van der Waals surface area contributed by atoms with Gasteiger partial charge >= 0.3 is 0 Å². The van der Waals surface area contributed by atoms with Crippen molar-refractivity contribution in [2.24, 2.45) is 0 Å². The summed E-state index contributed by atoms with van der Waals surface area (Å²) >= 11 is 0. The number of hydrogen-bond acceptors (Lipinski definition) is 6. The van der Waals surface area contributed by atoms with Crippen LogP contribution in [0.5, 0.6) is 5.88 Å². The predicted molar refractivity (Wildman–Crippen MR) is 87.2 cm³/mol. The number of ether oxygens (including phenoxy) is 1.